The van der Waals surface area contributed by atoms with Gasteiger partial charge in [-0.05, 0) is 24.6 Å². The van der Waals surface area contributed by atoms with Crippen LogP contribution >= 0.6 is 11.6 Å². The van der Waals surface area contributed by atoms with E-state index in [0.29, 0.717) is 29.8 Å². The van der Waals surface area contributed by atoms with Gasteiger partial charge in [-0.2, -0.15) is 4.98 Å². The highest BCUT2D eigenvalue weighted by molar-refractivity contribution is 6.31. The average molecular weight is 376 g/mol. The summed E-state index contributed by atoms with van der Waals surface area (Å²) in [6, 6.07) is 5.55. The molecule has 1 aliphatic rings. The van der Waals surface area contributed by atoms with Crippen molar-refractivity contribution in [1.82, 2.24) is 14.9 Å². The number of aromatic nitrogens is 2. The first-order chi connectivity index (χ1) is 12.5. The molecule has 138 valence electrons. The van der Waals surface area contributed by atoms with Crippen molar-refractivity contribution < 1.29 is 9.53 Å². The number of hydrogen-bond donors (Lipinski definition) is 1. The molecule has 3 rings (SSSR count). The Morgan fingerprint density at radius 1 is 1.27 bits per heavy atom. The molecule has 0 spiro atoms. The van der Waals surface area contributed by atoms with Crippen molar-refractivity contribution in [3.05, 3.63) is 35.0 Å². The van der Waals surface area contributed by atoms with E-state index in [9.17, 15) is 4.79 Å². The lowest BCUT2D eigenvalue weighted by Crippen LogP contribution is -2.48. The fraction of sp³-hybridized carbons (Fsp3) is 0.389. The number of rotatable bonds is 4. The molecule has 2 aromatic rings. The number of hydrogen-bond acceptors (Lipinski definition) is 6. The molecule has 1 saturated heterocycles. The molecule has 0 radical (unpaired) electrons. The number of halogens is 1. The van der Waals surface area contributed by atoms with Crippen molar-refractivity contribution in [2.45, 2.75) is 13.8 Å². The molecule has 1 aromatic carbocycles. The summed E-state index contributed by atoms with van der Waals surface area (Å²) in [5.74, 6) is 2.05. The normalized spacial score (nSPS) is 14.3. The zero-order chi connectivity index (χ0) is 18.7. The minimum atomic E-state index is 0.111. The molecular weight excluding hydrogens is 354 g/mol. The maximum Gasteiger partial charge on any atom is 0.229 e. The highest BCUT2D eigenvalue weighted by atomic mass is 35.5. The second kappa shape index (κ2) is 7.78. The molecule has 0 aliphatic carbocycles. The van der Waals surface area contributed by atoms with Crippen molar-refractivity contribution in [2.24, 2.45) is 0 Å². The number of carbonyl (C=O) groups is 1. The Balaban J connectivity index is 1.76. The van der Waals surface area contributed by atoms with E-state index in [1.54, 1.807) is 26.3 Å². The highest BCUT2D eigenvalue weighted by Gasteiger charge is 2.20. The van der Waals surface area contributed by atoms with Crippen molar-refractivity contribution in [2.75, 3.05) is 43.5 Å². The van der Waals surface area contributed by atoms with Crippen LogP contribution < -0.4 is 15.0 Å². The van der Waals surface area contributed by atoms with E-state index in [4.69, 9.17) is 16.3 Å². The average Bonchev–Trinajstić information content (AvgIpc) is 2.65. The molecule has 8 heteroatoms. The number of carbonyl (C=O) groups excluding carboxylic acids is 1. The van der Waals surface area contributed by atoms with Crippen LogP contribution in [-0.4, -0.2) is 54.1 Å². The maximum atomic E-state index is 11.5. The zero-order valence-corrected chi connectivity index (χ0v) is 15.9. The predicted molar refractivity (Wildman–Crippen MR) is 103 cm³/mol. The van der Waals surface area contributed by atoms with E-state index in [1.165, 1.54) is 0 Å². The number of nitrogens with one attached hydrogen (secondary N) is 1. The fourth-order valence-electron chi connectivity index (χ4n) is 2.89. The van der Waals surface area contributed by atoms with Gasteiger partial charge >= 0.3 is 0 Å². The first-order valence-corrected chi connectivity index (χ1v) is 8.80. The van der Waals surface area contributed by atoms with Crippen LogP contribution in [0.4, 0.5) is 17.5 Å². The lowest BCUT2D eigenvalue weighted by Gasteiger charge is -2.34. The van der Waals surface area contributed by atoms with Crippen LogP contribution in [0.25, 0.3) is 0 Å². The van der Waals surface area contributed by atoms with E-state index in [-0.39, 0.29) is 5.91 Å². The Labute approximate surface area is 157 Å². The lowest BCUT2D eigenvalue weighted by atomic mass is 10.2. The van der Waals surface area contributed by atoms with E-state index in [1.807, 2.05) is 24.0 Å². The van der Waals surface area contributed by atoms with Gasteiger partial charge in [0.1, 0.15) is 11.6 Å². The van der Waals surface area contributed by atoms with Crippen LogP contribution in [0.3, 0.4) is 0 Å². The Morgan fingerprint density at radius 3 is 2.65 bits per heavy atom. The number of aryl methyl sites for hydroxylation is 1. The second-order valence-corrected chi connectivity index (χ2v) is 6.57. The summed E-state index contributed by atoms with van der Waals surface area (Å²) >= 11 is 6.15. The Morgan fingerprint density at radius 2 is 2.00 bits per heavy atom. The Hall–Kier alpha value is -2.54. The molecule has 1 fully saturated rings. The number of amides is 1. The fourth-order valence-corrected chi connectivity index (χ4v) is 3.04. The van der Waals surface area contributed by atoms with Crippen molar-refractivity contribution in [3.8, 4) is 5.75 Å². The summed E-state index contributed by atoms with van der Waals surface area (Å²) < 4.78 is 5.38. The van der Waals surface area contributed by atoms with Gasteiger partial charge in [-0.1, -0.05) is 11.6 Å². The zero-order valence-electron chi connectivity index (χ0n) is 15.1. The molecule has 1 aromatic heterocycles. The number of benzene rings is 1. The summed E-state index contributed by atoms with van der Waals surface area (Å²) in [6.45, 7) is 6.43. The highest BCUT2D eigenvalue weighted by Crippen LogP contribution is 2.32. The largest absolute Gasteiger partial charge is 0.495 e. The quantitative estimate of drug-likeness (QED) is 0.886. The van der Waals surface area contributed by atoms with Gasteiger partial charge in [-0.3, -0.25) is 4.79 Å². The third-order valence-corrected chi connectivity index (χ3v) is 4.82. The number of ether oxygens (including phenoxy) is 1. The van der Waals surface area contributed by atoms with E-state index < -0.39 is 0 Å². The summed E-state index contributed by atoms with van der Waals surface area (Å²) in [5.41, 5.74) is 1.69. The minimum Gasteiger partial charge on any atom is -0.495 e. The molecule has 0 saturated carbocycles. The smallest absolute Gasteiger partial charge is 0.229 e. The van der Waals surface area contributed by atoms with Gasteiger partial charge in [-0.15, -0.1) is 0 Å². The molecule has 7 nitrogen and oxygen atoms in total. The SMILES string of the molecule is COc1cc(Cl)c(C)cc1Nc1nccc(N2CCN(C(C)=O)CC2)n1. The molecule has 1 N–H and O–H groups in total. The van der Waals surface area contributed by atoms with E-state index in [2.05, 4.69) is 20.2 Å². The van der Waals surface area contributed by atoms with Crippen molar-refractivity contribution >= 4 is 35.0 Å². The summed E-state index contributed by atoms with van der Waals surface area (Å²) in [6.07, 6.45) is 1.72. The number of anilines is 3. The number of methoxy groups -OCH3 is 1. The van der Waals surface area contributed by atoms with Gasteiger partial charge in [0.15, 0.2) is 0 Å². The first kappa shape index (κ1) is 18.3. The molecule has 1 aliphatic heterocycles. The molecule has 0 bridgehead atoms. The van der Waals surface area contributed by atoms with E-state index >= 15 is 0 Å². The monoisotopic (exact) mass is 375 g/mol. The van der Waals surface area contributed by atoms with Crippen molar-refractivity contribution in [1.29, 1.82) is 0 Å². The summed E-state index contributed by atoms with van der Waals surface area (Å²) in [4.78, 5) is 24.4. The van der Waals surface area contributed by atoms with Gasteiger partial charge in [0.25, 0.3) is 0 Å². The molecule has 2 heterocycles. The van der Waals surface area contributed by atoms with Crippen LogP contribution in [0, 0.1) is 6.92 Å². The van der Waals surface area contributed by atoms with Gasteiger partial charge in [0.2, 0.25) is 11.9 Å². The van der Waals surface area contributed by atoms with Crippen LogP contribution in [0.2, 0.25) is 5.02 Å². The third-order valence-electron chi connectivity index (χ3n) is 4.42. The molecule has 26 heavy (non-hydrogen) atoms. The Bertz CT molecular complexity index is 806. The minimum absolute atomic E-state index is 0.111. The molecule has 0 atom stereocenters. The molecule has 0 unspecified atom stereocenters. The number of nitrogens with zero attached hydrogens (tertiary/aromatic N) is 4. The topological polar surface area (TPSA) is 70.6 Å². The lowest BCUT2D eigenvalue weighted by molar-refractivity contribution is -0.129. The van der Waals surface area contributed by atoms with Crippen LogP contribution in [0.1, 0.15) is 12.5 Å². The first-order valence-electron chi connectivity index (χ1n) is 8.42. The van der Waals surface area contributed by atoms with Gasteiger partial charge in [0.05, 0.1) is 12.8 Å². The predicted octanol–water partition coefficient (Wildman–Crippen LogP) is 2.86. The van der Waals surface area contributed by atoms with Gasteiger partial charge < -0.3 is 19.9 Å². The second-order valence-electron chi connectivity index (χ2n) is 6.16. The van der Waals surface area contributed by atoms with Gasteiger partial charge in [0, 0.05) is 50.4 Å². The standard InChI is InChI=1S/C18H22ClN5O2/c1-12-10-15(16(26-3)11-14(12)19)21-18-20-5-4-17(22-18)24-8-6-23(7-9-24)13(2)25/h4-5,10-11H,6-9H2,1-3H3,(H,20,21,22). The number of piperazine rings is 1. The molecule has 1 amide bonds. The van der Waals surface area contributed by atoms with E-state index in [0.717, 1.165) is 30.2 Å². The Kier molecular flexibility index (Phi) is 5.46. The summed E-state index contributed by atoms with van der Waals surface area (Å²) in [7, 11) is 1.60. The van der Waals surface area contributed by atoms with Crippen LogP contribution in [-0.2, 0) is 4.79 Å². The van der Waals surface area contributed by atoms with Gasteiger partial charge in [-0.25, -0.2) is 4.98 Å². The maximum absolute atomic E-state index is 11.5. The van der Waals surface area contributed by atoms with Crippen LogP contribution in [0.15, 0.2) is 24.4 Å². The summed E-state index contributed by atoms with van der Waals surface area (Å²) in [5, 5.41) is 3.84. The molecular formula is C18H22ClN5O2. The third kappa shape index (κ3) is 3.99. The van der Waals surface area contributed by atoms with Crippen molar-refractivity contribution in [3.63, 3.8) is 0 Å². The van der Waals surface area contributed by atoms with Crippen LogP contribution in [0.5, 0.6) is 5.75 Å².